The van der Waals surface area contributed by atoms with E-state index in [-0.39, 0.29) is 28.6 Å². The first kappa shape index (κ1) is 20.2. The van der Waals surface area contributed by atoms with Crippen molar-refractivity contribution in [2.75, 3.05) is 0 Å². The first-order valence-electron chi connectivity index (χ1n) is 8.99. The van der Waals surface area contributed by atoms with Gasteiger partial charge in [0, 0.05) is 11.1 Å². The number of rotatable bonds is 4. The van der Waals surface area contributed by atoms with Crippen molar-refractivity contribution < 1.29 is 23.5 Å². The van der Waals surface area contributed by atoms with Crippen LogP contribution in [0.5, 0.6) is 0 Å². The fourth-order valence-electron chi connectivity index (χ4n) is 3.24. The molecule has 1 aliphatic carbocycles. The number of furan rings is 2. The summed E-state index contributed by atoms with van der Waals surface area (Å²) < 4.78 is 10.3. The topological polar surface area (TPSA) is 130 Å². The minimum absolute atomic E-state index is 0.108. The summed E-state index contributed by atoms with van der Waals surface area (Å²) in [6.07, 6.45) is 4.02. The van der Waals surface area contributed by atoms with E-state index in [0.29, 0.717) is 24.0 Å². The Morgan fingerprint density at radius 3 is 1.62 bits per heavy atom. The Hall–Kier alpha value is -3.49. The van der Waals surface area contributed by atoms with Crippen molar-refractivity contribution in [3.05, 3.63) is 67.2 Å². The van der Waals surface area contributed by atoms with Gasteiger partial charge in [0.2, 0.25) is 0 Å². The molecule has 3 rings (SSSR count). The van der Waals surface area contributed by atoms with E-state index in [1.807, 2.05) is 0 Å². The van der Waals surface area contributed by atoms with Crippen LogP contribution in [-0.4, -0.2) is 15.6 Å². The number of carbonyl (C=O) groups excluding carboxylic acids is 1. The van der Waals surface area contributed by atoms with E-state index in [9.17, 15) is 25.0 Å². The summed E-state index contributed by atoms with van der Waals surface area (Å²) in [6.45, 7) is 6.20. The predicted molar refractivity (Wildman–Crippen MR) is 104 cm³/mol. The van der Waals surface area contributed by atoms with Crippen LogP contribution in [0.2, 0.25) is 0 Å². The molecule has 0 bridgehead atoms. The molecule has 0 aromatic carbocycles. The van der Waals surface area contributed by atoms with Gasteiger partial charge in [-0.1, -0.05) is 20.8 Å². The SMILES string of the molecule is CC(C)(C)C1C/C(=C/c2ccc([N+](=O)[O-])o2)C(=O)/C(=C/c2ccc([N+](=O)[O-])o2)C1. The van der Waals surface area contributed by atoms with Crippen LogP contribution in [0.15, 0.2) is 44.2 Å². The molecule has 9 heteroatoms. The van der Waals surface area contributed by atoms with E-state index in [2.05, 4.69) is 20.8 Å². The highest BCUT2D eigenvalue weighted by Gasteiger charge is 2.35. The minimum Gasteiger partial charge on any atom is -0.401 e. The number of nitrogens with zero attached hydrogens (tertiary/aromatic N) is 2. The van der Waals surface area contributed by atoms with Gasteiger partial charge in [-0.25, -0.2) is 0 Å². The predicted octanol–water partition coefficient (Wildman–Crippen LogP) is 5.18. The summed E-state index contributed by atoms with van der Waals surface area (Å²) in [6, 6.07) is 5.36. The second kappa shape index (κ2) is 7.50. The normalized spacial score (nSPS) is 20.4. The van der Waals surface area contributed by atoms with Gasteiger partial charge in [0.1, 0.15) is 21.4 Å². The Bertz CT molecular complexity index is 959. The first-order valence-corrected chi connectivity index (χ1v) is 8.99. The van der Waals surface area contributed by atoms with E-state index in [0.717, 1.165) is 0 Å². The molecule has 0 radical (unpaired) electrons. The van der Waals surface area contributed by atoms with Crippen molar-refractivity contribution in [2.45, 2.75) is 33.6 Å². The Labute approximate surface area is 166 Å². The van der Waals surface area contributed by atoms with Crippen LogP contribution >= 0.6 is 0 Å². The van der Waals surface area contributed by atoms with Crippen molar-refractivity contribution in [1.82, 2.24) is 0 Å². The van der Waals surface area contributed by atoms with Gasteiger partial charge in [-0.15, -0.1) is 0 Å². The van der Waals surface area contributed by atoms with Crippen LogP contribution < -0.4 is 0 Å². The molecule has 2 heterocycles. The number of ketones is 1. The van der Waals surface area contributed by atoms with Gasteiger partial charge < -0.3 is 8.83 Å². The van der Waals surface area contributed by atoms with Crippen molar-refractivity contribution in [2.24, 2.45) is 11.3 Å². The third kappa shape index (κ3) is 4.50. The molecule has 29 heavy (non-hydrogen) atoms. The zero-order valence-electron chi connectivity index (χ0n) is 16.2. The Morgan fingerprint density at radius 1 is 0.897 bits per heavy atom. The third-order valence-corrected chi connectivity index (χ3v) is 4.96. The Balaban J connectivity index is 1.98. The average Bonchev–Trinajstić information content (AvgIpc) is 3.27. The van der Waals surface area contributed by atoms with Gasteiger partial charge in [0.15, 0.2) is 5.78 Å². The fourth-order valence-corrected chi connectivity index (χ4v) is 3.24. The van der Waals surface area contributed by atoms with E-state index in [1.54, 1.807) is 0 Å². The van der Waals surface area contributed by atoms with Crippen LogP contribution in [-0.2, 0) is 4.79 Å². The molecule has 0 amide bonds. The number of nitro groups is 2. The number of hydrogen-bond acceptors (Lipinski definition) is 7. The molecule has 1 unspecified atom stereocenters. The van der Waals surface area contributed by atoms with Gasteiger partial charge >= 0.3 is 11.8 Å². The fraction of sp³-hybridized carbons (Fsp3) is 0.350. The lowest BCUT2D eigenvalue weighted by Crippen LogP contribution is -2.29. The monoisotopic (exact) mass is 400 g/mol. The highest BCUT2D eigenvalue weighted by atomic mass is 16.7. The van der Waals surface area contributed by atoms with Gasteiger partial charge in [0.25, 0.3) is 0 Å². The van der Waals surface area contributed by atoms with E-state index < -0.39 is 21.6 Å². The molecule has 1 fully saturated rings. The molecule has 0 aliphatic heterocycles. The largest absolute Gasteiger partial charge is 0.433 e. The number of hydrogen-bond donors (Lipinski definition) is 0. The number of allylic oxidation sites excluding steroid dienone is 2. The molecule has 9 nitrogen and oxygen atoms in total. The van der Waals surface area contributed by atoms with Gasteiger partial charge in [-0.05, 0) is 48.5 Å². The lowest BCUT2D eigenvalue weighted by molar-refractivity contribution is -0.402. The Morgan fingerprint density at radius 2 is 1.31 bits per heavy atom. The summed E-state index contributed by atoms with van der Waals surface area (Å²) in [7, 11) is 0. The molecular formula is C20H20N2O7. The van der Waals surface area contributed by atoms with E-state index in [1.165, 1.54) is 36.4 Å². The van der Waals surface area contributed by atoms with Crippen LogP contribution in [0.4, 0.5) is 11.8 Å². The second-order valence-corrected chi connectivity index (χ2v) is 8.01. The minimum atomic E-state index is -0.641. The lowest BCUT2D eigenvalue weighted by atomic mass is 9.68. The Kier molecular flexibility index (Phi) is 5.23. The van der Waals surface area contributed by atoms with Crippen molar-refractivity contribution in [1.29, 1.82) is 0 Å². The molecule has 0 N–H and O–H groups in total. The summed E-state index contributed by atoms with van der Waals surface area (Å²) >= 11 is 0. The molecule has 0 saturated heterocycles. The zero-order valence-corrected chi connectivity index (χ0v) is 16.2. The quantitative estimate of drug-likeness (QED) is 0.392. The van der Waals surface area contributed by atoms with Gasteiger partial charge in [0.05, 0.1) is 12.1 Å². The molecule has 152 valence electrons. The smallest absolute Gasteiger partial charge is 0.401 e. The summed E-state index contributed by atoms with van der Waals surface area (Å²) in [4.78, 5) is 33.4. The maximum Gasteiger partial charge on any atom is 0.433 e. The highest BCUT2D eigenvalue weighted by Crippen LogP contribution is 2.42. The number of carbonyl (C=O) groups is 1. The zero-order chi connectivity index (χ0) is 21.3. The van der Waals surface area contributed by atoms with Crippen LogP contribution in [0.25, 0.3) is 12.2 Å². The number of Topliss-reactive ketones (excluding diaryl/α,β-unsaturated/α-hetero) is 1. The molecule has 1 aliphatic rings. The molecular weight excluding hydrogens is 380 g/mol. The van der Waals surface area contributed by atoms with E-state index >= 15 is 0 Å². The standard InChI is InChI=1S/C20H20N2O7/c1-20(2,3)14-8-12(10-15-4-6-17(28-15)21(24)25)19(23)13(9-14)11-16-5-7-18(29-16)22(26)27/h4-7,10-11,14H,8-9H2,1-3H3/b12-10-,13-11+. The molecule has 1 atom stereocenters. The van der Waals surface area contributed by atoms with Crippen LogP contribution in [0, 0.1) is 31.6 Å². The summed E-state index contributed by atoms with van der Waals surface area (Å²) in [5.41, 5.74) is 0.823. The summed E-state index contributed by atoms with van der Waals surface area (Å²) in [5, 5.41) is 21.6. The first-order chi connectivity index (χ1) is 13.5. The molecule has 2 aromatic heterocycles. The highest BCUT2D eigenvalue weighted by molar-refractivity contribution is 6.13. The van der Waals surface area contributed by atoms with Gasteiger partial charge in [-0.2, -0.15) is 0 Å². The van der Waals surface area contributed by atoms with Crippen molar-refractivity contribution >= 4 is 29.7 Å². The maximum atomic E-state index is 13.0. The second-order valence-electron chi connectivity index (χ2n) is 8.01. The maximum absolute atomic E-state index is 13.0. The van der Waals surface area contributed by atoms with Crippen molar-refractivity contribution in [3.8, 4) is 0 Å². The lowest BCUT2D eigenvalue weighted by Gasteiger charge is -2.35. The van der Waals surface area contributed by atoms with Crippen LogP contribution in [0.1, 0.15) is 45.1 Å². The molecule has 0 spiro atoms. The third-order valence-electron chi connectivity index (χ3n) is 4.96. The van der Waals surface area contributed by atoms with Gasteiger partial charge in [-0.3, -0.25) is 25.0 Å². The summed E-state index contributed by atoms with van der Waals surface area (Å²) in [5.74, 6) is -0.460. The average molecular weight is 400 g/mol. The van der Waals surface area contributed by atoms with Crippen molar-refractivity contribution in [3.63, 3.8) is 0 Å². The molecule has 2 aromatic rings. The van der Waals surface area contributed by atoms with E-state index in [4.69, 9.17) is 8.83 Å². The van der Waals surface area contributed by atoms with Crippen LogP contribution in [0.3, 0.4) is 0 Å². The molecule has 1 saturated carbocycles.